The standard InChI is InChI=1S/C13H26N2O2/c1-4-14-12(16)11(3)15-9-13(17)7-5-6-10(2)8-13/h10-11,15,17H,4-9H2,1-3H3,(H,14,16). The van der Waals surface area contributed by atoms with Crippen molar-refractivity contribution in [2.45, 2.75) is 58.1 Å². The summed E-state index contributed by atoms with van der Waals surface area (Å²) >= 11 is 0. The molecule has 0 aromatic heterocycles. The number of hydrogen-bond acceptors (Lipinski definition) is 3. The molecule has 3 unspecified atom stereocenters. The smallest absolute Gasteiger partial charge is 0.236 e. The zero-order valence-corrected chi connectivity index (χ0v) is 11.3. The molecule has 0 aromatic rings. The Bertz CT molecular complexity index is 258. The maximum atomic E-state index is 11.5. The molecule has 1 saturated carbocycles. The van der Waals surface area contributed by atoms with Gasteiger partial charge in [-0.25, -0.2) is 0 Å². The van der Waals surface area contributed by atoms with Crippen LogP contribution in [0.25, 0.3) is 0 Å². The van der Waals surface area contributed by atoms with Gasteiger partial charge in [-0.1, -0.05) is 19.8 Å². The monoisotopic (exact) mass is 242 g/mol. The summed E-state index contributed by atoms with van der Waals surface area (Å²) in [6.45, 7) is 7.07. The maximum absolute atomic E-state index is 11.5. The molecule has 0 spiro atoms. The molecule has 0 aliphatic heterocycles. The first-order valence-electron chi connectivity index (χ1n) is 6.70. The van der Waals surface area contributed by atoms with E-state index in [-0.39, 0.29) is 11.9 Å². The second-order valence-electron chi connectivity index (χ2n) is 5.42. The zero-order valence-electron chi connectivity index (χ0n) is 11.3. The summed E-state index contributed by atoms with van der Waals surface area (Å²) in [7, 11) is 0. The predicted octanol–water partition coefficient (Wildman–Crippen LogP) is 1.04. The van der Waals surface area contributed by atoms with E-state index >= 15 is 0 Å². The minimum Gasteiger partial charge on any atom is -0.389 e. The minimum absolute atomic E-state index is 0.0000390. The number of carbonyl (C=O) groups excluding carboxylic acids is 1. The number of aliphatic hydroxyl groups is 1. The number of carbonyl (C=O) groups is 1. The van der Waals surface area contributed by atoms with Gasteiger partial charge in [-0.3, -0.25) is 4.79 Å². The van der Waals surface area contributed by atoms with Gasteiger partial charge in [0.05, 0.1) is 11.6 Å². The molecule has 1 aliphatic rings. The van der Waals surface area contributed by atoms with E-state index in [1.165, 1.54) is 6.42 Å². The van der Waals surface area contributed by atoms with Crippen molar-refractivity contribution < 1.29 is 9.90 Å². The summed E-state index contributed by atoms with van der Waals surface area (Å²) < 4.78 is 0. The van der Waals surface area contributed by atoms with Crippen molar-refractivity contribution in [1.29, 1.82) is 0 Å². The summed E-state index contributed by atoms with van der Waals surface area (Å²) in [5.74, 6) is 0.579. The van der Waals surface area contributed by atoms with Gasteiger partial charge in [-0.05, 0) is 32.6 Å². The summed E-state index contributed by atoms with van der Waals surface area (Å²) in [5.41, 5.74) is -0.627. The van der Waals surface area contributed by atoms with Crippen molar-refractivity contribution in [3.63, 3.8) is 0 Å². The molecule has 3 atom stereocenters. The molecule has 1 fully saturated rings. The van der Waals surface area contributed by atoms with Crippen LogP contribution in [0.1, 0.15) is 46.5 Å². The molecule has 1 amide bonds. The van der Waals surface area contributed by atoms with Crippen LogP contribution in [-0.2, 0) is 4.79 Å². The Hall–Kier alpha value is -0.610. The lowest BCUT2D eigenvalue weighted by Crippen LogP contribution is -2.50. The maximum Gasteiger partial charge on any atom is 0.236 e. The van der Waals surface area contributed by atoms with Crippen LogP contribution < -0.4 is 10.6 Å². The van der Waals surface area contributed by atoms with Crippen molar-refractivity contribution in [3.8, 4) is 0 Å². The van der Waals surface area contributed by atoms with Gasteiger partial charge in [0.25, 0.3) is 0 Å². The second-order valence-corrected chi connectivity index (χ2v) is 5.42. The fourth-order valence-corrected chi connectivity index (χ4v) is 2.56. The number of likely N-dealkylation sites (N-methyl/N-ethyl adjacent to an activating group) is 1. The third-order valence-electron chi connectivity index (χ3n) is 3.55. The van der Waals surface area contributed by atoms with Crippen molar-refractivity contribution in [2.24, 2.45) is 5.92 Å². The van der Waals surface area contributed by atoms with Crippen LogP contribution in [-0.4, -0.2) is 35.7 Å². The second kappa shape index (κ2) is 6.36. The van der Waals surface area contributed by atoms with Crippen molar-refractivity contribution in [2.75, 3.05) is 13.1 Å². The molecule has 17 heavy (non-hydrogen) atoms. The molecule has 1 aliphatic carbocycles. The number of amides is 1. The van der Waals surface area contributed by atoms with Gasteiger partial charge in [0, 0.05) is 13.1 Å². The topological polar surface area (TPSA) is 61.4 Å². The summed E-state index contributed by atoms with van der Waals surface area (Å²) in [5, 5.41) is 16.3. The van der Waals surface area contributed by atoms with Gasteiger partial charge in [-0.2, -0.15) is 0 Å². The van der Waals surface area contributed by atoms with E-state index in [1.807, 2.05) is 13.8 Å². The summed E-state index contributed by atoms with van der Waals surface area (Å²) in [6, 6.07) is -0.240. The Kier molecular flexibility index (Phi) is 5.40. The van der Waals surface area contributed by atoms with E-state index in [4.69, 9.17) is 0 Å². The van der Waals surface area contributed by atoms with Gasteiger partial charge in [0.1, 0.15) is 0 Å². The quantitative estimate of drug-likeness (QED) is 0.675. The van der Waals surface area contributed by atoms with Crippen molar-refractivity contribution in [1.82, 2.24) is 10.6 Å². The highest BCUT2D eigenvalue weighted by Gasteiger charge is 2.32. The molecule has 4 nitrogen and oxygen atoms in total. The predicted molar refractivity (Wildman–Crippen MR) is 68.7 cm³/mol. The average Bonchev–Trinajstić information content (AvgIpc) is 2.26. The Morgan fingerprint density at radius 2 is 2.29 bits per heavy atom. The minimum atomic E-state index is -0.627. The highest BCUT2D eigenvalue weighted by atomic mass is 16.3. The Balaban J connectivity index is 2.35. The summed E-state index contributed by atoms with van der Waals surface area (Å²) in [6.07, 6.45) is 3.96. The van der Waals surface area contributed by atoms with Gasteiger partial charge in [0.15, 0.2) is 0 Å². The lowest BCUT2D eigenvalue weighted by Gasteiger charge is -2.36. The van der Waals surface area contributed by atoms with Crippen LogP contribution >= 0.6 is 0 Å². The molecular formula is C13H26N2O2. The average molecular weight is 242 g/mol. The lowest BCUT2D eigenvalue weighted by atomic mass is 9.79. The van der Waals surface area contributed by atoms with Crippen molar-refractivity contribution in [3.05, 3.63) is 0 Å². The molecule has 3 N–H and O–H groups in total. The fourth-order valence-electron chi connectivity index (χ4n) is 2.56. The van der Waals surface area contributed by atoms with Gasteiger partial charge in [-0.15, -0.1) is 0 Å². The van der Waals surface area contributed by atoms with Crippen LogP contribution in [0.15, 0.2) is 0 Å². The molecule has 0 bridgehead atoms. The van der Waals surface area contributed by atoms with Gasteiger partial charge in [0.2, 0.25) is 5.91 Å². The van der Waals surface area contributed by atoms with E-state index in [9.17, 15) is 9.90 Å². The third kappa shape index (κ3) is 4.64. The normalized spacial score (nSPS) is 30.9. The van der Waals surface area contributed by atoms with E-state index in [0.717, 1.165) is 19.3 Å². The van der Waals surface area contributed by atoms with E-state index in [0.29, 0.717) is 19.0 Å². The molecule has 1 rings (SSSR count). The molecule has 100 valence electrons. The highest BCUT2D eigenvalue weighted by Crippen LogP contribution is 2.31. The van der Waals surface area contributed by atoms with Gasteiger partial charge >= 0.3 is 0 Å². The van der Waals surface area contributed by atoms with E-state index in [1.54, 1.807) is 0 Å². The van der Waals surface area contributed by atoms with Crippen LogP contribution in [0.4, 0.5) is 0 Å². The van der Waals surface area contributed by atoms with Crippen molar-refractivity contribution >= 4 is 5.91 Å². The highest BCUT2D eigenvalue weighted by molar-refractivity contribution is 5.81. The molecule has 0 aromatic carbocycles. The first kappa shape index (κ1) is 14.5. The molecule has 0 radical (unpaired) electrons. The molecular weight excluding hydrogens is 216 g/mol. The summed E-state index contributed by atoms with van der Waals surface area (Å²) in [4.78, 5) is 11.5. The lowest BCUT2D eigenvalue weighted by molar-refractivity contribution is -0.123. The SMILES string of the molecule is CCNC(=O)C(C)NCC1(O)CCCC(C)C1. The first-order valence-corrected chi connectivity index (χ1v) is 6.70. The number of nitrogens with one attached hydrogen (secondary N) is 2. The number of hydrogen-bond donors (Lipinski definition) is 3. The molecule has 0 heterocycles. The van der Waals surface area contributed by atoms with E-state index < -0.39 is 5.60 Å². The molecule has 0 saturated heterocycles. The van der Waals surface area contributed by atoms with Crippen LogP contribution in [0.2, 0.25) is 0 Å². The van der Waals surface area contributed by atoms with Gasteiger partial charge < -0.3 is 15.7 Å². The number of rotatable bonds is 5. The first-order chi connectivity index (χ1) is 7.97. The zero-order chi connectivity index (χ0) is 12.9. The van der Waals surface area contributed by atoms with Crippen LogP contribution in [0, 0.1) is 5.92 Å². The molecule has 4 heteroatoms. The Morgan fingerprint density at radius 1 is 1.59 bits per heavy atom. The van der Waals surface area contributed by atoms with Crippen LogP contribution in [0.3, 0.4) is 0 Å². The Labute approximate surface area is 104 Å². The van der Waals surface area contributed by atoms with Crippen LogP contribution in [0.5, 0.6) is 0 Å². The Morgan fingerprint density at radius 3 is 2.88 bits per heavy atom. The fraction of sp³-hybridized carbons (Fsp3) is 0.923. The largest absolute Gasteiger partial charge is 0.389 e. The van der Waals surface area contributed by atoms with E-state index in [2.05, 4.69) is 17.6 Å². The third-order valence-corrected chi connectivity index (χ3v) is 3.55.